The van der Waals surface area contributed by atoms with Crippen LogP contribution in [0, 0.1) is 0 Å². The van der Waals surface area contributed by atoms with Gasteiger partial charge in [0, 0.05) is 11.6 Å². The Balaban J connectivity index is 2.55. The Bertz CT molecular complexity index is 408. The van der Waals surface area contributed by atoms with E-state index in [-0.39, 0.29) is 6.04 Å². The summed E-state index contributed by atoms with van der Waals surface area (Å²) in [6.45, 7) is 3.81. The molecular weight excluding hydrogens is 266 g/mol. The summed E-state index contributed by atoms with van der Waals surface area (Å²) in [5, 5.41) is 16.9. The smallest absolute Gasteiger partial charge is 0.326 e. The molecule has 2 unspecified atom stereocenters. The lowest BCUT2D eigenvalue weighted by atomic mass is 10.2. The molecule has 0 aliphatic heterocycles. The first kappa shape index (κ1) is 15.4. The summed E-state index contributed by atoms with van der Waals surface area (Å²) < 4.78 is 0. The van der Waals surface area contributed by atoms with Crippen molar-refractivity contribution in [3.05, 3.63) is 16.6 Å². The van der Waals surface area contributed by atoms with Crippen LogP contribution in [0.25, 0.3) is 0 Å². The Hall–Kier alpha value is -1.63. The highest BCUT2D eigenvalue weighted by Gasteiger charge is 2.21. The van der Waals surface area contributed by atoms with Gasteiger partial charge in [0.2, 0.25) is 0 Å². The molecule has 1 rings (SSSR count). The number of amides is 2. The molecule has 0 saturated carbocycles. The fraction of sp³-hybridized carbons (Fsp3) is 0.583. The summed E-state index contributed by atoms with van der Waals surface area (Å²) in [6, 6.07) is -1.50. The number of carboxylic acids is 1. The zero-order chi connectivity index (χ0) is 14.3. The van der Waals surface area contributed by atoms with Crippen molar-refractivity contribution >= 4 is 23.3 Å². The van der Waals surface area contributed by atoms with Crippen LogP contribution in [0.3, 0.4) is 0 Å². The molecule has 0 radical (unpaired) electrons. The van der Waals surface area contributed by atoms with Gasteiger partial charge in [-0.1, -0.05) is 20.3 Å². The molecule has 0 saturated heterocycles. The lowest BCUT2D eigenvalue weighted by Gasteiger charge is -2.18. The molecule has 2 atom stereocenters. The molecule has 2 amide bonds. The highest BCUT2D eigenvalue weighted by atomic mass is 32.1. The number of hydrogen-bond donors (Lipinski definition) is 3. The van der Waals surface area contributed by atoms with Crippen molar-refractivity contribution in [3.63, 3.8) is 0 Å². The van der Waals surface area contributed by atoms with Crippen LogP contribution in [-0.4, -0.2) is 28.1 Å². The van der Waals surface area contributed by atoms with Crippen LogP contribution in [0.5, 0.6) is 0 Å². The fourth-order valence-corrected chi connectivity index (χ4v) is 2.42. The summed E-state index contributed by atoms with van der Waals surface area (Å²) in [7, 11) is 0. The second kappa shape index (κ2) is 7.73. The van der Waals surface area contributed by atoms with E-state index in [0.29, 0.717) is 19.3 Å². The normalized spacial score (nSPS) is 13.6. The standard InChI is InChI=1S/C12H19N3O3S/c1-3-5-9(11(16)17)15-12(18)14-8(4-2)10-13-6-7-19-10/h6-9H,3-5H2,1-2H3,(H,16,17)(H2,14,15,18). The summed E-state index contributed by atoms with van der Waals surface area (Å²) >= 11 is 1.46. The Kier molecular flexibility index (Phi) is 6.27. The summed E-state index contributed by atoms with van der Waals surface area (Å²) in [6.07, 6.45) is 3.49. The van der Waals surface area contributed by atoms with Gasteiger partial charge in [0.1, 0.15) is 11.0 Å². The lowest BCUT2D eigenvalue weighted by molar-refractivity contribution is -0.139. The lowest BCUT2D eigenvalue weighted by Crippen LogP contribution is -2.46. The van der Waals surface area contributed by atoms with E-state index >= 15 is 0 Å². The molecule has 0 aromatic carbocycles. The number of hydrogen-bond acceptors (Lipinski definition) is 4. The third kappa shape index (κ3) is 4.86. The molecule has 7 heteroatoms. The average Bonchev–Trinajstić information content (AvgIpc) is 2.89. The summed E-state index contributed by atoms with van der Waals surface area (Å²) in [5.41, 5.74) is 0. The molecule has 1 aromatic rings. The van der Waals surface area contributed by atoms with Crippen LogP contribution in [0.15, 0.2) is 11.6 Å². The van der Waals surface area contributed by atoms with Gasteiger partial charge in [-0.2, -0.15) is 0 Å². The van der Waals surface area contributed by atoms with Gasteiger partial charge >= 0.3 is 12.0 Å². The van der Waals surface area contributed by atoms with Gasteiger partial charge in [0.15, 0.2) is 0 Å². The van der Waals surface area contributed by atoms with Gasteiger partial charge in [-0.05, 0) is 12.8 Å². The third-order valence-corrected chi connectivity index (χ3v) is 3.53. The Morgan fingerprint density at radius 2 is 2.16 bits per heavy atom. The Morgan fingerprint density at radius 3 is 2.63 bits per heavy atom. The van der Waals surface area contributed by atoms with Crippen LogP contribution in [-0.2, 0) is 4.79 Å². The molecule has 19 heavy (non-hydrogen) atoms. The Labute approximate surface area is 116 Å². The van der Waals surface area contributed by atoms with Crippen molar-refractivity contribution in [2.45, 2.75) is 45.2 Å². The molecular formula is C12H19N3O3S. The SMILES string of the molecule is CCCC(NC(=O)NC(CC)c1nccs1)C(=O)O. The second-order valence-corrected chi connectivity index (χ2v) is 5.05. The van der Waals surface area contributed by atoms with Gasteiger partial charge in [-0.3, -0.25) is 0 Å². The number of carbonyl (C=O) groups is 2. The molecule has 106 valence electrons. The van der Waals surface area contributed by atoms with E-state index < -0.39 is 18.0 Å². The predicted octanol–water partition coefficient (Wildman–Crippen LogP) is 2.15. The van der Waals surface area contributed by atoms with Crippen molar-refractivity contribution in [2.24, 2.45) is 0 Å². The summed E-state index contributed by atoms with van der Waals surface area (Å²) in [4.78, 5) is 26.9. The van der Waals surface area contributed by atoms with Crippen molar-refractivity contribution in [3.8, 4) is 0 Å². The Morgan fingerprint density at radius 1 is 1.42 bits per heavy atom. The van der Waals surface area contributed by atoms with Crippen molar-refractivity contribution in [1.29, 1.82) is 0 Å². The molecule has 1 heterocycles. The van der Waals surface area contributed by atoms with Gasteiger partial charge in [-0.15, -0.1) is 11.3 Å². The molecule has 6 nitrogen and oxygen atoms in total. The number of rotatable bonds is 7. The second-order valence-electron chi connectivity index (χ2n) is 4.13. The number of carboxylic acid groups (broad SMARTS) is 1. The van der Waals surface area contributed by atoms with E-state index in [2.05, 4.69) is 15.6 Å². The topological polar surface area (TPSA) is 91.3 Å². The van der Waals surface area contributed by atoms with E-state index in [9.17, 15) is 9.59 Å². The molecule has 1 aromatic heterocycles. The number of carbonyl (C=O) groups excluding carboxylic acids is 1. The van der Waals surface area contributed by atoms with Gasteiger partial charge in [0.05, 0.1) is 6.04 Å². The number of thiazole rings is 1. The van der Waals surface area contributed by atoms with Gasteiger partial charge in [-0.25, -0.2) is 14.6 Å². The van der Waals surface area contributed by atoms with Crippen LogP contribution in [0.1, 0.15) is 44.2 Å². The van der Waals surface area contributed by atoms with Crippen LogP contribution >= 0.6 is 11.3 Å². The maximum absolute atomic E-state index is 11.8. The molecule has 0 aliphatic carbocycles. The number of nitrogens with zero attached hydrogens (tertiary/aromatic N) is 1. The monoisotopic (exact) mass is 285 g/mol. The minimum Gasteiger partial charge on any atom is -0.480 e. The van der Waals surface area contributed by atoms with E-state index in [1.165, 1.54) is 11.3 Å². The van der Waals surface area contributed by atoms with Crippen molar-refractivity contribution < 1.29 is 14.7 Å². The fourth-order valence-electron chi connectivity index (χ4n) is 1.65. The zero-order valence-corrected chi connectivity index (χ0v) is 11.9. The first-order valence-electron chi connectivity index (χ1n) is 6.27. The highest BCUT2D eigenvalue weighted by molar-refractivity contribution is 7.09. The molecule has 0 spiro atoms. The number of aromatic nitrogens is 1. The van der Waals surface area contributed by atoms with Crippen LogP contribution < -0.4 is 10.6 Å². The van der Waals surface area contributed by atoms with E-state index in [0.717, 1.165) is 5.01 Å². The summed E-state index contributed by atoms with van der Waals surface area (Å²) in [5.74, 6) is -1.01. The van der Waals surface area contributed by atoms with E-state index in [4.69, 9.17) is 5.11 Å². The molecule has 0 bridgehead atoms. The van der Waals surface area contributed by atoms with Gasteiger partial charge < -0.3 is 15.7 Å². The molecule has 0 fully saturated rings. The maximum atomic E-state index is 11.8. The first-order chi connectivity index (χ1) is 9.08. The predicted molar refractivity (Wildman–Crippen MR) is 73.1 cm³/mol. The molecule has 0 aliphatic rings. The third-order valence-electron chi connectivity index (χ3n) is 2.64. The minimum atomic E-state index is -1.01. The van der Waals surface area contributed by atoms with Crippen LogP contribution in [0.2, 0.25) is 0 Å². The number of aliphatic carboxylic acids is 1. The maximum Gasteiger partial charge on any atom is 0.326 e. The largest absolute Gasteiger partial charge is 0.480 e. The van der Waals surface area contributed by atoms with Crippen LogP contribution in [0.4, 0.5) is 4.79 Å². The average molecular weight is 285 g/mol. The quantitative estimate of drug-likeness (QED) is 0.716. The molecule has 3 N–H and O–H groups in total. The highest BCUT2D eigenvalue weighted by Crippen LogP contribution is 2.18. The zero-order valence-electron chi connectivity index (χ0n) is 11.0. The van der Waals surface area contributed by atoms with E-state index in [1.807, 2.05) is 19.2 Å². The van der Waals surface area contributed by atoms with Crippen molar-refractivity contribution in [1.82, 2.24) is 15.6 Å². The minimum absolute atomic E-state index is 0.184. The number of urea groups is 1. The number of nitrogens with one attached hydrogen (secondary N) is 2. The van der Waals surface area contributed by atoms with Crippen molar-refractivity contribution in [2.75, 3.05) is 0 Å². The first-order valence-corrected chi connectivity index (χ1v) is 7.15. The van der Waals surface area contributed by atoms with Gasteiger partial charge in [0.25, 0.3) is 0 Å². The van der Waals surface area contributed by atoms with E-state index in [1.54, 1.807) is 6.20 Å².